The molecule has 3 aromatic rings. The van der Waals surface area contributed by atoms with Crippen LogP contribution in [-0.4, -0.2) is 29.8 Å². The van der Waals surface area contributed by atoms with Crippen LogP contribution >= 0.6 is 0 Å². The first-order valence-corrected chi connectivity index (χ1v) is 15.5. The Kier molecular flexibility index (Phi) is 12.3. The van der Waals surface area contributed by atoms with Gasteiger partial charge in [-0.1, -0.05) is 45.9 Å². The Morgan fingerprint density at radius 1 is 1.04 bits per heavy atom. The van der Waals surface area contributed by atoms with Crippen LogP contribution < -0.4 is 0 Å². The molecule has 0 bridgehead atoms. The number of aryl methyl sites for hydroxylation is 2. The summed E-state index contributed by atoms with van der Waals surface area (Å²) in [6, 6.07) is 11.0. The van der Waals surface area contributed by atoms with Crippen LogP contribution in [0.25, 0.3) is 22.0 Å². The minimum absolute atomic E-state index is 0. The summed E-state index contributed by atoms with van der Waals surface area (Å²) >= 11 is 0. The van der Waals surface area contributed by atoms with E-state index in [2.05, 4.69) is 37.5 Å². The maximum Gasteiger partial charge on any atom is 0.401 e. The van der Waals surface area contributed by atoms with Gasteiger partial charge in [0.25, 0.3) is 0 Å². The van der Waals surface area contributed by atoms with Gasteiger partial charge in [-0.15, -0.1) is 0 Å². The largest absolute Gasteiger partial charge is 0.500 e. The van der Waals surface area contributed by atoms with E-state index in [1.54, 1.807) is 25.3 Å². The Morgan fingerprint density at radius 3 is 2.27 bits per heavy atom. The Hall–Kier alpha value is -3.81. The third kappa shape index (κ3) is 9.12. The lowest BCUT2D eigenvalue weighted by molar-refractivity contribution is -0.184. The molecule has 0 saturated heterocycles. The van der Waals surface area contributed by atoms with Crippen molar-refractivity contribution in [3.05, 3.63) is 89.1 Å². The Morgan fingerprint density at radius 2 is 1.73 bits per heavy atom. The summed E-state index contributed by atoms with van der Waals surface area (Å²) in [6.07, 6.45) is 2.87. The number of nitrogens with zero attached hydrogens (tertiary/aromatic N) is 1. The van der Waals surface area contributed by atoms with Gasteiger partial charge in [-0.25, -0.2) is 4.39 Å². The fraction of sp³-hybridized carbons (Fsp3) is 0.432. The maximum absolute atomic E-state index is 15.0. The average molecular weight is 628 g/mol. The Labute approximate surface area is 265 Å². The zero-order valence-corrected chi connectivity index (χ0v) is 26.9. The number of benzene rings is 2. The lowest BCUT2D eigenvalue weighted by atomic mass is 9.95. The van der Waals surface area contributed by atoms with Gasteiger partial charge in [0.05, 0.1) is 12.6 Å². The lowest BCUT2D eigenvalue weighted by Crippen LogP contribution is -2.27. The number of hydrogen-bond acceptors (Lipinski definition) is 4. The van der Waals surface area contributed by atoms with E-state index in [9.17, 15) is 22.8 Å². The molecule has 2 aromatic carbocycles. The van der Waals surface area contributed by atoms with Crippen molar-refractivity contribution in [2.75, 3.05) is 7.11 Å². The number of methoxy groups -OCH3 is 1. The molecule has 45 heavy (non-hydrogen) atoms. The van der Waals surface area contributed by atoms with E-state index < -0.39 is 17.4 Å². The highest BCUT2D eigenvalue weighted by Gasteiger charge is 2.66. The van der Waals surface area contributed by atoms with Crippen molar-refractivity contribution in [1.29, 1.82) is 0 Å². The van der Waals surface area contributed by atoms with E-state index in [0.29, 0.717) is 12.0 Å². The van der Waals surface area contributed by atoms with E-state index in [1.165, 1.54) is 30.4 Å². The predicted molar refractivity (Wildman–Crippen MR) is 173 cm³/mol. The molecule has 1 aliphatic rings. The molecule has 0 amide bonds. The SMILES string of the molecule is C=C(/C=C(\OC)C1(C(F)(F)F)CC1)CC(=O)Cc1ccc(-c2cnc3cc(CCCC)c(CC)cc3c2)cc1F.CCC(C)=O.[HH]. The fourth-order valence-corrected chi connectivity index (χ4v) is 5.18. The molecule has 4 rings (SSSR count). The smallest absolute Gasteiger partial charge is 0.401 e. The second-order valence-corrected chi connectivity index (χ2v) is 11.7. The number of ether oxygens (including phenoxy) is 1. The van der Waals surface area contributed by atoms with E-state index >= 15 is 4.39 Å². The summed E-state index contributed by atoms with van der Waals surface area (Å²) in [5.74, 6) is -0.855. The molecule has 0 N–H and O–H groups in total. The molecule has 1 aliphatic carbocycles. The van der Waals surface area contributed by atoms with Crippen LogP contribution in [0, 0.1) is 11.2 Å². The number of Topliss-reactive ketones (excluding diaryl/α,β-unsaturated/α-hetero) is 2. The normalized spacial score (nSPS) is 14.0. The molecular weight excluding hydrogens is 582 g/mol. The summed E-state index contributed by atoms with van der Waals surface area (Å²) in [6.45, 7) is 11.5. The molecule has 244 valence electrons. The first-order valence-electron chi connectivity index (χ1n) is 15.5. The van der Waals surface area contributed by atoms with Gasteiger partial charge in [0, 0.05) is 37.8 Å². The highest BCUT2D eigenvalue weighted by atomic mass is 19.4. The van der Waals surface area contributed by atoms with E-state index in [0.717, 1.165) is 42.1 Å². The van der Waals surface area contributed by atoms with Gasteiger partial charge in [0.15, 0.2) is 0 Å². The van der Waals surface area contributed by atoms with E-state index in [1.807, 2.05) is 13.0 Å². The van der Waals surface area contributed by atoms with E-state index in [-0.39, 0.29) is 55.6 Å². The number of pyridine rings is 1. The number of ketones is 2. The quantitative estimate of drug-likeness (QED) is 0.108. The van der Waals surface area contributed by atoms with Crippen LogP contribution in [0.4, 0.5) is 17.6 Å². The van der Waals surface area contributed by atoms with Crippen LogP contribution in [0.2, 0.25) is 0 Å². The standard InChI is InChI=1S/C33H35F4NO2.C4H8O.H2/c1-5-7-8-23-19-30-26(15-22(23)6-2)16-27(20-38-30)24-9-10-25(29(34)18-24)17-28(39)13-21(3)14-31(40-4)32(11-12-32)33(35,36)37;1-3-4(2)5;/h9-10,14-16,18-20H,3,5-8,11-13,17H2,1-2,4H3;3H2,1-2H3;1H/b31-14-;;. The molecule has 1 aromatic heterocycles. The highest BCUT2D eigenvalue weighted by molar-refractivity contribution is 5.86. The molecule has 0 radical (unpaired) electrons. The van der Waals surface area contributed by atoms with Crippen molar-refractivity contribution in [3.8, 4) is 11.1 Å². The van der Waals surface area contributed by atoms with Crippen molar-refractivity contribution in [2.24, 2.45) is 5.41 Å². The minimum Gasteiger partial charge on any atom is -0.500 e. The fourth-order valence-electron chi connectivity index (χ4n) is 5.18. The van der Waals surface area contributed by atoms with Gasteiger partial charge in [-0.3, -0.25) is 9.78 Å². The number of alkyl halides is 3. The number of halogens is 4. The second-order valence-electron chi connectivity index (χ2n) is 11.7. The van der Waals surface area contributed by atoms with Crippen molar-refractivity contribution < 1.29 is 33.3 Å². The van der Waals surface area contributed by atoms with E-state index in [4.69, 9.17) is 4.74 Å². The molecule has 4 nitrogen and oxygen atoms in total. The molecular formula is C37H45F4NO3. The molecule has 0 aliphatic heterocycles. The minimum atomic E-state index is -4.43. The number of carbonyl (C=O) groups is 2. The van der Waals surface area contributed by atoms with Gasteiger partial charge in [-0.05, 0) is 97.2 Å². The number of aromatic nitrogens is 1. The summed E-state index contributed by atoms with van der Waals surface area (Å²) < 4.78 is 60.4. The lowest BCUT2D eigenvalue weighted by Gasteiger charge is -2.21. The van der Waals surface area contributed by atoms with Crippen molar-refractivity contribution >= 4 is 22.5 Å². The molecule has 0 unspecified atom stereocenters. The van der Waals surface area contributed by atoms with Gasteiger partial charge in [0.2, 0.25) is 0 Å². The zero-order chi connectivity index (χ0) is 33.4. The highest BCUT2D eigenvalue weighted by Crippen LogP contribution is 2.62. The second kappa shape index (κ2) is 15.5. The number of rotatable bonds is 13. The number of hydrogen-bond donors (Lipinski definition) is 0. The zero-order valence-electron chi connectivity index (χ0n) is 26.9. The average Bonchev–Trinajstić information content (AvgIpc) is 3.82. The topological polar surface area (TPSA) is 56.3 Å². The van der Waals surface area contributed by atoms with Crippen LogP contribution in [0.3, 0.4) is 0 Å². The van der Waals surface area contributed by atoms with Crippen LogP contribution in [0.1, 0.15) is 84.3 Å². The summed E-state index contributed by atoms with van der Waals surface area (Å²) in [5.41, 5.74) is 3.36. The molecule has 1 saturated carbocycles. The maximum atomic E-state index is 15.0. The van der Waals surface area contributed by atoms with Crippen molar-refractivity contribution in [2.45, 2.75) is 91.7 Å². The summed E-state index contributed by atoms with van der Waals surface area (Å²) in [5, 5.41) is 0.995. The van der Waals surface area contributed by atoms with Gasteiger partial charge < -0.3 is 9.53 Å². The third-order valence-corrected chi connectivity index (χ3v) is 8.20. The Bertz CT molecular complexity index is 1570. The molecule has 0 spiro atoms. The molecule has 0 atom stereocenters. The summed E-state index contributed by atoms with van der Waals surface area (Å²) in [7, 11) is 1.18. The van der Waals surface area contributed by atoms with Crippen LogP contribution in [-0.2, 0) is 33.6 Å². The Balaban J connectivity index is 0.00000114. The summed E-state index contributed by atoms with van der Waals surface area (Å²) in [4.78, 5) is 27.1. The van der Waals surface area contributed by atoms with Crippen LogP contribution in [0.15, 0.2) is 66.6 Å². The van der Waals surface area contributed by atoms with Crippen molar-refractivity contribution in [3.63, 3.8) is 0 Å². The number of fused-ring (bicyclic) bond motifs is 1. The van der Waals surface area contributed by atoms with Crippen molar-refractivity contribution in [1.82, 2.24) is 4.98 Å². The first-order chi connectivity index (χ1) is 21.3. The monoisotopic (exact) mass is 627 g/mol. The molecule has 8 heteroatoms. The number of unbranched alkanes of at least 4 members (excludes halogenated alkanes) is 1. The van der Waals surface area contributed by atoms with Gasteiger partial charge in [0.1, 0.15) is 28.6 Å². The predicted octanol–water partition coefficient (Wildman–Crippen LogP) is 10.1. The van der Waals surface area contributed by atoms with Gasteiger partial charge >= 0.3 is 6.18 Å². The van der Waals surface area contributed by atoms with Crippen LogP contribution in [0.5, 0.6) is 0 Å². The molecule has 1 heterocycles. The number of allylic oxidation sites excluding steroid dienone is 3. The molecule has 1 fully saturated rings. The first kappa shape index (κ1) is 35.7. The number of carbonyl (C=O) groups excluding carboxylic acids is 2. The van der Waals surface area contributed by atoms with Gasteiger partial charge in [-0.2, -0.15) is 13.2 Å². The third-order valence-electron chi connectivity index (χ3n) is 8.20.